The molecule has 1 aliphatic heterocycles. The lowest BCUT2D eigenvalue weighted by molar-refractivity contribution is -0.120. The summed E-state index contributed by atoms with van der Waals surface area (Å²) in [5.74, 6) is -0.735. The van der Waals surface area contributed by atoms with E-state index in [0.29, 0.717) is 13.1 Å². The van der Waals surface area contributed by atoms with Gasteiger partial charge in [0.05, 0.1) is 12.7 Å². The van der Waals surface area contributed by atoms with Crippen molar-refractivity contribution in [2.75, 3.05) is 24.1 Å². The summed E-state index contributed by atoms with van der Waals surface area (Å²) in [6.45, 7) is 0.673. The van der Waals surface area contributed by atoms with Gasteiger partial charge in [0.25, 0.3) is 5.56 Å². The van der Waals surface area contributed by atoms with Crippen molar-refractivity contribution in [1.29, 1.82) is 0 Å². The molecule has 28 heavy (non-hydrogen) atoms. The van der Waals surface area contributed by atoms with Gasteiger partial charge in [0, 0.05) is 48.8 Å². The van der Waals surface area contributed by atoms with Crippen LogP contribution in [0.3, 0.4) is 0 Å². The van der Waals surface area contributed by atoms with Crippen molar-refractivity contribution in [2.45, 2.75) is 19.1 Å². The van der Waals surface area contributed by atoms with Crippen molar-refractivity contribution in [3.05, 3.63) is 28.2 Å². The molecule has 1 aromatic heterocycles. The van der Waals surface area contributed by atoms with Crippen LogP contribution < -0.4 is 33.0 Å². The van der Waals surface area contributed by atoms with Gasteiger partial charge in [-0.25, -0.2) is 13.1 Å². The lowest BCUT2D eigenvalue weighted by Crippen LogP contribution is -2.39. The number of nitrogens with one attached hydrogen (secondary N) is 4. The number of nitrogen functional groups attached to an aromatic ring is 1. The Bertz CT molecular complexity index is 853. The molecule has 2 rings (SSSR count). The Morgan fingerprint density at radius 1 is 1.25 bits per heavy atom. The van der Waals surface area contributed by atoms with Gasteiger partial charge in [-0.05, 0) is 0 Å². The summed E-state index contributed by atoms with van der Waals surface area (Å²) in [4.78, 5) is 45.3. The maximum absolute atomic E-state index is 12.0. The van der Waals surface area contributed by atoms with Crippen LogP contribution in [0.1, 0.15) is 12.8 Å². The molecule has 0 fully saturated rings. The number of nitrogens with two attached hydrogens (primary N) is 2. The zero-order chi connectivity index (χ0) is 20.7. The van der Waals surface area contributed by atoms with E-state index in [9.17, 15) is 19.5 Å². The molecule has 0 bridgehead atoms. The minimum absolute atomic E-state index is 0.0718. The Morgan fingerprint density at radius 2 is 1.89 bits per heavy atom. The SMILES string of the molecule is NC1=C(NC(=O)CCN(I)CCC(=O)Nc2c(N)nc[nH]c2=O)C(O)N=CN1. The van der Waals surface area contributed by atoms with Crippen molar-refractivity contribution >= 4 is 52.5 Å². The van der Waals surface area contributed by atoms with Crippen LogP contribution in [0.2, 0.25) is 0 Å². The van der Waals surface area contributed by atoms with Crippen LogP contribution in [0, 0.1) is 0 Å². The first-order valence-corrected chi connectivity index (χ1v) is 9.04. The third-order valence-electron chi connectivity index (χ3n) is 3.57. The van der Waals surface area contributed by atoms with E-state index in [0.717, 1.165) is 6.33 Å². The standard InChI is InChI=1S/C14H20IN9O4/c15-24(3-1-7(25)22-9-11(16)18-5-20-13(9)27)4-2-8(26)23-10-12(17)19-6-21-14(10)28/h5-6,13,27H,1-4,16H2,(H,18,20)(H,22,25)(H,23,26)(H3,17,19,21,28). The molecule has 13 nitrogen and oxygen atoms in total. The highest BCUT2D eigenvalue weighted by molar-refractivity contribution is 14.1. The quantitative estimate of drug-likeness (QED) is 0.153. The third kappa shape index (κ3) is 6.17. The third-order valence-corrected chi connectivity index (χ3v) is 4.53. The molecule has 0 radical (unpaired) electrons. The van der Waals surface area contributed by atoms with Crippen molar-refractivity contribution in [2.24, 2.45) is 10.7 Å². The second-order valence-corrected chi connectivity index (χ2v) is 6.99. The number of aliphatic hydroxyl groups excluding tert-OH is 1. The molecule has 1 aromatic rings. The number of nitrogens with zero attached hydrogens (tertiary/aromatic N) is 3. The molecule has 0 spiro atoms. The topological polar surface area (TPSA) is 204 Å². The number of aliphatic hydroxyl groups is 1. The Kier molecular flexibility index (Phi) is 7.70. The fraction of sp³-hybridized carbons (Fsp3) is 0.357. The van der Waals surface area contributed by atoms with Crippen LogP contribution in [-0.4, -0.2) is 55.7 Å². The first kappa shape index (κ1) is 21.6. The fourth-order valence-corrected chi connectivity index (χ4v) is 2.59. The summed E-state index contributed by atoms with van der Waals surface area (Å²) in [7, 11) is 0. The first-order valence-electron chi connectivity index (χ1n) is 8.07. The number of carbonyl (C=O) groups excluding carboxylic acids is 2. The number of hydrogen-bond acceptors (Lipinski definition) is 10. The van der Waals surface area contributed by atoms with Crippen molar-refractivity contribution < 1.29 is 14.7 Å². The Labute approximate surface area is 173 Å². The minimum atomic E-state index is -1.23. The summed E-state index contributed by atoms with van der Waals surface area (Å²) in [6, 6.07) is 0. The summed E-state index contributed by atoms with van der Waals surface area (Å²) < 4.78 is 1.74. The molecule has 2 amide bonds. The highest BCUT2D eigenvalue weighted by atomic mass is 127. The van der Waals surface area contributed by atoms with Gasteiger partial charge in [0.1, 0.15) is 17.2 Å². The minimum Gasteiger partial charge on any atom is -0.384 e. The van der Waals surface area contributed by atoms with Crippen molar-refractivity contribution in [3.63, 3.8) is 0 Å². The second-order valence-electron chi connectivity index (χ2n) is 5.62. The number of amides is 2. The molecule has 14 heteroatoms. The van der Waals surface area contributed by atoms with Gasteiger partial charge in [-0.1, -0.05) is 0 Å². The van der Waals surface area contributed by atoms with Gasteiger partial charge in [-0.3, -0.25) is 14.4 Å². The van der Waals surface area contributed by atoms with Gasteiger partial charge in [0.2, 0.25) is 11.8 Å². The molecule has 0 aromatic carbocycles. The molecular weight excluding hydrogens is 485 g/mol. The van der Waals surface area contributed by atoms with E-state index in [4.69, 9.17) is 11.5 Å². The number of aromatic amines is 1. The maximum atomic E-state index is 12.0. The van der Waals surface area contributed by atoms with Gasteiger partial charge < -0.3 is 37.5 Å². The second kappa shape index (κ2) is 10.00. The molecule has 1 atom stereocenters. The van der Waals surface area contributed by atoms with Crippen molar-refractivity contribution in [1.82, 2.24) is 23.7 Å². The predicted octanol–water partition coefficient (Wildman–Crippen LogP) is -2.08. The molecule has 0 aliphatic carbocycles. The first-order chi connectivity index (χ1) is 13.3. The van der Waals surface area contributed by atoms with E-state index in [1.807, 2.05) is 22.9 Å². The smallest absolute Gasteiger partial charge is 0.276 e. The summed E-state index contributed by atoms with van der Waals surface area (Å²) >= 11 is 1.98. The largest absolute Gasteiger partial charge is 0.384 e. The van der Waals surface area contributed by atoms with Gasteiger partial charge in [0.15, 0.2) is 12.0 Å². The Hall–Kier alpha value is -2.72. The van der Waals surface area contributed by atoms with E-state index in [1.165, 1.54) is 6.34 Å². The van der Waals surface area contributed by atoms with Gasteiger partial charge >= 0.3 is 0 Å². The highest BCUT2D eigenvalue weighted by Gasteiger charge is 2.19. The number of halogens is 1. The van der Waals surface area contributed by atoms with E-state index in [1.54, 1.807) is 3.11 Å². The number of hydrogen-bond donors (Lipinski definition) is 7. The fourth-order valence-electron chi connectivity index (χ4n) is 2.11. The molecule has 1 aliphatic rings. The number of aromatic nitrogens is 2. The monoisotopic (exact) mass is 505 g/mol. The Balaban J connectivity index is 1.73. The van der Waals surface area contributed by atoms with Crippen LogP contribution in [-0.2, 0) is 9.59 Å². The molecule has 0 saturated carbocycles. The van der Waals surface area contributed by atoms with E-state index >= 15 is 0 Å². The molecule has 152 valence electrons. The molecule has 0 saturated heterocycles. The van der Waals surface area contributed by atoms with E-state index in [2.05, 4.69) is 30.9 Å². The molecule has 2 heterocycles. The predicted molar refractivity (Wildman–Crippen MR) is 110 cm³/mol. The van der Waals surface area contributed by atoms with E-state index < -0.39 is 17.7 Å². The normalized spacial score (nSPS) is 16.0. The zero-order valence-electron chi connectivity index (χ0n) is 14.6. The van der Waals surface area contributed by atoms with Crippen LogP contribution in [0.5, 0.6) is 0 Å². The van der Waals surface area contributed by atoms with Crippen LogP contribution in [0.15, 0.2) is 27.6 Å². The molecular formula is C14H20IN9O4. The average Bonchev–Trinajstić information content (AvgIpc) is 2.64. The highest BCUT2D eigenvalue weighted by Crippen LogP contribution is 2.09. The summed E-state index contributed by atoms with van der Waals surface area (Å²) in [5.41, 5.74) is 10.7. The Morgan fingerprint density at radius 3 is 2.50 bits per heavy atom. The van der Waals surface area contributed by atoms with Gasteiger partial charge in [-0.2, -0.15) is 0 Å². The van der Waals surface area contributed by atoms with Crippen molar-refractivity contribution in [3.8, 4) is 0 Å². The molecule has 1 unspecified atom stereocenters. The lowest BCUT2D eigenvalue weighted by atomic mass is 10.3. The summed E-state index contributed by atoms with van der Waals surface area (Å²) in [5, 5.41) is 17.2. The average molecular weight is 505 g/mol. The number of H-pyrrole nitrogens is 1. The van der Waals surface area contributed by atoms with Crippen LogP contribution in [0.25, 0.3) is 0 Å². The number of rotatable bonds is 8. The summed E-state index contributed by atoms with van der Waals surface area (Å²) in [6.07, 6.45) is 1.33. The van der Waals surface area contributed by atoms with Crippen LogP contribution >= 0.6 is 22.9 Å². The van der Waals surface area contributed by atoms with E-state index in [-0.39, 0.29) is 41.8 Å². The van der Waals surface area contributed by atoms with Crippen LogP contribution in [0.4, 0.5) is 11.5 Å². The number of carbonyl (C=O) groups is 2. The number of anilines is 2. The van der Waals surface area contributed by atoms with Gasteiger partial charge in [-0.15, -0.1) is 0 Å². The maximum Gasteiger partial charge on any atom is 0.276 e. The zero-order valence-corrected chi connectivity index (χ0v) is 16.8. The number of aliphatic imine (C=N–C) groups is 1. The lowest BCUT2D eigenvalue weighted by Gasteiger charge is -2.20. The molecule has 9 N–H and O–H groups in total.